The molecule has 2 aromatic heterocycles. The van der Waals surface area contributed by atoms with Crippen LogP contribution in [0, 0.1) is 0 Å². The summed E-state index contributed by atoms with van der Waals surface area (Å²) in [6.07, 6.45) is 2.31. The van der Waals surface area contributed by atoms with E-state index >= 15 is 0 Å². The third-order valence-corrected chi connectivity index (χ3v) is 4.17. The van der Waals surface area contributed by atoms with Gasteiger partial charge in [0.15, 0.2) is 10.9 Å². The topological polar surface area (TPSA) is 126 Å². The Kier molecular flexibility index (Phi) is 4.81. The van der Waals surface area contributed by atoms with Crippen molar-refractivity contribution in [3.8, 4) is 0 Å². The lowest BCUT2D eigenvalue weighted by atomic mass is 10.4. The summed E-state index contributed by atoms with van der Waals surface area (Å²) < 4.78 is 27.3. The zero-order chi connectivity index (χ0) is 15.3. The first-order valence-corrected chi connectivity index (χ1v) is 7.97. The average molecular weight is 311 g/mol. The van der Waals surface area contributed by atoms with E-state index < -0.39 is 16.1 Å². The monoisotopic (exact) mass is 311 g/mol. The van der Waals surface area contributed by atoms with E-state index in [9.17, 15) is 8.42 Å². The van der Waals surface area contributed by atoms with Crippen LogP contribution in [-0.2, 0) is 10.0 Å². The van der Waals surface area contributed by atoms with Crippen LogP contribution in [-0.4, -0.2) is 40.6 Å². The summed E-state index contributed by atoms with van der Waals surface area (Å²) in [6.45, 7) is 4.28. The molecule has 3 N–H and O–H groups in total. The normalized spacial score (nSPS) is 13.0. The van der Waals surface area contributed by atoms with Crippen LogP contribution in [0.4, 0.5) is 5.69 Å². The summed E-state index contributed by atoms with van der Waals surface area (Å²) in [5.74, 6) is 0.262. The highest BCUT2D eigenvalue weighted by atomic mass is 32.2. The van der Waals surface area contributed by atoms with Crippen LogP contribution in [0.5, 0.6) is 0 Å². The second-order valence-corrected chi connectivity index (χ2v) is 6.03. The minimum absolute atomic E-state index is 0.0474. The van der Waals surface area contributed by atoms with Gasteiger partial charge in [0.2, 0.25) is 0 Å². The summed E-state index contributed by atoms with van der Waals surface area (Å²) in [5.41, 5.74) is 0.465. The van der Waals surface area contributed by atoms with Gasteiger partial charge in [0, 0.05) is 12.7 Å². The Labute approximate surface area is 122 Å². The van der Waals surface area contributed by atoms with Gasteiger partial charge in [-0.2, -0.15) is 9.94 Å². The lowest BCUT2D eigenvalue weighted by molar-refractivity contribution is 0.556. The van der Waals surface area contributed by atoms with Crippen molar-refractivity contribution >= 4 is 15.7 Å². The van der Waals surface area contributed by atoms with Crippen molar-refractivity contribution in [2.75, 3.05) is 11.9 Å². The number of nitrogens with one attached hydrogen (secondary N) is 3. The summed E-state index contributed by atoms with van der Waals surface area (Å²) in [5, 5.41) is 16.2. The van der Waals surface area contributed by atoms with Crippen molar-refractivity contribution in [3.05, 3.63) is 24.2 Å². The molecule has 0 aliphatic carbocycles. The van der Waals surface area contributed by atoms with E-state index in [0.717, 1.165) is 6.42 Å². The highest BCUT2D eigenvalue weighted by molar-refractivity contribution is 7.89. The first kappa shape index (κ1) is 15.3. The maximum Gasteiger partial charge on any atom is 0.260 e. The molecule has 10 heteroatoms. The molecule has 0 saturated carbocycles. The molecule has 2 aromatic rings. The predicted molar refractivity (Wildman–Crippen MR) is 75.9 cm³/mol. The number of aromatic nitrogens is 5. The Morgan fingerprint density at radius 3 is 2.90 bits per heavy atom. The quantitative estimate of drug-likeness (QED) is 0.678. The minimum Gasteiger partial charge on any atom is -0.383 e. The third-order valence-electron chi connectivity index (χ3n) is 2.67. The molecule has 0 spiro atoms. The van der Waals surface area contributed by atoms with E-state index in [-0.39, 0.29) is 10.9 Å². The number of rotatable bonds is 7. The Balaban J connectivity index is 2.23. The molecule has 1 atom stereocenters. The molecule has 0 bridgehead atoms. The standard InChI is InChI=1S/C11H17N7O2S/c1-3-6-12-9-5-4-7-13-11(9)21(19,20)16-8(2)10-14-17-18-15-10/h4-5,7-8,12,16H,3,6H2,1-2H3,(H,14,15,17,18). The molecule has 0 aromatic carbocycles. The number of anilines is 1. The van der Waals surface area contributed by atoms with Crippen LogP contribution in [0.1, 0.15) is 32.1 Å². The summed E-state index contributed by atoms with van der Waals surface area (Å²) >= 11 is 0. The highest BCUT2D eigenvalue weighted by Crippen LogP contribution is 2.19. The Bertz CT molecular complexity index is 672. The van der Waals surface area contributed by atoms with E-state index in [1.54, 1.807) is 19.1 Å². The number of tetrazole rings is 1. The Morgan fingerprint density at radius 1 is 1.43 bits per heavy atom. The van der Waals surface area contributed by atoms with Crippen molar-refractivity contribution in [1.29, 1.82) is 0 Å². The average Bonchev–Trinajstić information content (AvgIpc) is 2.99. The fourth-order valence-electron chi connectivity index (χ4n) is 1.69. The SMILES string of the molecule is CCCNc1cccnc1S(=O)(=O)NC(C)c1nn[nH]n1. The summed E-state index contributed by atoms with van der Waals surface area (Å²) in [7, 11) is -3.79. The molecule has 0 saturated heterocycles. The number of nitrogens with zero attached hydrogens (tertiary/aromatic N) is 4. The van der Waals surface area contributed by atoms with E-state index in [0.29, 0.717) is 12.2 Å². The Hall–Kier alpha value is -2.07. The largest absolute Gasteiger partial charge is 0.383 e. The molecule has 1 unspecified atom stereocenters. The van der Waals surface area contributed by atoms with Gasteiger partial charge in [0.1, 0.15) is 0 Å². The van der Waals surface area contributed by atoms with Crippen molar-refractivity contribution < 1.29 is 8.42 Å². The first-order chi connectivity index (χ1) is 10.0. The smallest absolute Gasteiger partial charge is 0.260 e. The van der Waals surface area contributed by atoms with E-state index in [4.69, 9.17) is 0 Å². The minimum atomic E-state index is -3.79. The number of aromatic amines is 1. The van der Waals surface area contributed by atoms with Gasteiger partial charge in [-0.15, -0.1) is 10.2 Å². The second kappa shape index (κ2) is 6.59. The van der Waals surface area contributed by atoms with Crippen LogP contribution < -0.4 is 10.0 Å². The molecule has 2 rings (SSSR count). The number of pyridine rings is 1. The number of H-pyrrole nitrogens is 1. The zero-order valence-corrected chi connectivity index (χ0v) is 12.6. The third kappa shape index (κ3) is 3.73. The van der Waals surface area contributed by atoms with Gasteiger partial charge >= 0.3 is 0 Å². The fourth-order valence-corrected chi connectivity index (χ4v) is 3.01. The van der Waals surface area contributed by atoms with Crippen LogP contribution in [0.25, 0.3) is 0 Å². The van der Waals surface area contributed by atoms with Gasteiger partial charge in [0.05, 0.1) is 11.7 Å². The predicted octanol–water partition coefficient (Wildman–Crippen LogP) is 0.456. The number of hydrogen-bond acceptors (Lipinski definition) is 7. The van der Waals surface area contributed by atoms with Gasteiger partial charge in [-0.3, -0.25) is 0 Å². The Morgan fingerprint density at radius 2 is 2.24 bits per heavy atom. The molecule has 21 heavy (non-hydrogen) atoms. The maximum atomic E-state index is 12.4. The molecule has 0 radical (unpaired) electrons. The van der Waals surface area contributed by atoms with E-state index in [2.05, 4.69) is 35.6 Å². The first-order valence-electron chi connectivity index (χ1n) is 6.49. The van der Waals surface area contributed by atoms with Crippen LogP contribution in [0.15, 0.2) is 23.4 Å². The molecule has 0 fully saturated rings. The van der Waals surface area contributed by atoms with Crippen molar-refractivity contribution in [2.45, 2.75) is 31.3 Å². The van der Waals surface area contributed by atoms with Gasteiger partial charge in [-0.05, 0) is 25.5 Å². The van der Waals surface area contributed by atoms with Crippen LogP contribution >= 0.6 is 0 Å². The van der Waals surface area contributed by atoms with Gasteiger partial charge < -0.3 is 5.32 Å². The fraction of sp³-hybridized carbons (Fsp3) is 0.455. The molecule has 9 nitrogen and oxygen atoms in total. The molecular formula is C11H17N7O2S. The number of sulfonamides is 1. The summed E-state index contributed by atoms with van der Waals surface area (Å²) in [6, 6.07) is 2.74. The number of hydrogen-bond donors (Lipinski definition) is 3. The van der Waals surface area contributed by atoms with Crippen LogP contribution in [0.3, 0.4) is 0 Å². The molecule has 0 amide bonds. The second-order valence-electron chi connectivity index (χ2n) is 4.40. The molecule has 0 aliphatic heterocycles. The molecule has 2 heterocycles. The van der Waals surface area contributed by atoms with Crippen molar-refractivity contribution in [1.82, 2.24) is 30.3 Å². The van der Waals surface area contributed by atoms with Gasteiger partial charge in [-0.25, -0.2) is 13.4 Å². The van der Waals surface area contributed by atoms with Crippen molar-refractivity contribution in [2.24, 2.45) is 0 Å². The molecular weight excluding hydrogens is 294 g/mol. The van der Waals surface area contributed by atoms with E-state index in [1.807, 2.05) is 6.92 Å². The highest BCUT2D eigenvalue weighted by Gasteiger charge is 2.24. The van der Waals surface area contributed by atoms with Gasteiger partial charge in [-0.1, -0.05) is 12.1 Å². The van der Waals surface area contributed by atoms with Gasteiger partial charge in [0.25, 0.3) is 10.0 Å². The molecule has 114 valence electrons. The lowest BCUT2D eigenvalue weighted by Crippen LogP contribution is -2.29. The van der Waals surface area contributed by atoms with Crippen molar-refractivity contribution in [3.63, 3.8) is 0 Å². The maximum absolute atomic E-state index is 12.4. The lowest BCUT2D eigenvalue weighted by Gasteiger charge is -2.13. The van der Waals surface area contributed by atoms with Crippen LogP contribution in [0.2, 0.25) is 0 Å². The zero-order valence-electron chi connectivity index (χ0n) is 11.7. The summed E-state index contributed by atoms with van der Waals surface area (Å²) in [4.78, 5) is 3.96. The molecule has 0 aliphatic rings. The van der Waals surface area contributed by atoms with E-state index in [1.165, 1.54) is 6.20 Å².